The lowest BCUT2D eigenvalue weighted by Gasteiger charge is -2.23. The molecule has 0 amide bonds. The predicted octanol–water partition coefficient (Wildman–Crippen LogP) is 1.81. The van der Waals surface area contributed by atoms with Crippen LogP contribution in [0.1, 0.15) is 32.3 Å². The zero-order valence-corrected chi connectivity index (χ0v) is 13.7. The summed E-state index contributed by atoms with van der Waals surface area (Å²) < 4.78 is 33.2. The average Bonchev–Trinajstić information content (AvgIpc) is 2.41. The standard InChI is InChI=1S/C15H24N2O3S/c1-11(2)20-15-7-6-14(9-12(15)3)21(18,19)17-13-5-4-8-16-10-13/h6-7,9,11,13,16-17H,4-5,8,10H2,1-3H3/t13-/m0/s1. The van der Waals surface area contributed by atoms with E-state index in [1.807, 2.05) is 20.8 Å². The molecule has 5 nitrogen and oxygen atoms in total. The molecule has 1 aromatic carbocycles. The van der Waals surface area contributed by atoms with E-state index in [4.69, 9.17) is 4.74 Å². The van der Waals surface area contributed by atoms with Crippen LogP contribution in [0.15, 0.2) is 23.1 Å². The highest BCUT2D eigenvalue weighted by Crippen LogP contribution is 2.23. The number of nitrogens with one attached hydrogen (secondary N) is 2. The van der Waals surface area contributed by atoms with Gasteiger partial charge in [-0.2, -0.15) is 0 Å². The zero-order chi connectivity index (χ0) is 15.5. The normalized spacial score (nSPS) is 19.7. The summed E-state index contributed by atoms with van der Waals surface area (Å²) in [7, 11) is -3.47. The summed E-state index contributed by atoms with van der Waals surface area (Å²) in [5, 5.41) is 3.20. The van der Waals surface area contributed by atoms with Crippen LogP contribution in [-0.2, 0) is 10.0 Å². The third-order valence-electron chi connectivity index (χ3n) is 3.44. The summed E-state index contributed by atoms with van der Waals surface area (Å²) in [6.07, 6.45) is 1.94. The maximum absolute atomic E-state index is 12.4. The highest BCUT2D eigenvalue weighted by Gasteiger charge is 2.22. The molecule has 1 aromatic rings. The Bertz CT molecular complexity index is 579. The SMILES string of the molecule is Cc1cc(S(=O)(=O)N[C@H]2CCCNC2)ccc1OC(C)C. The zero-order valence-electron chi connectivity index (χ0n) is 12.8. The molecule has 0 unspecified atom stereocenters. The van der Waals surface area contributed by atoms with Gasteiger partial charge >= 0.3 is 0 Å². The van der Waals surface area contributed by atoms with Gasteiger partial charge in [-0.05, 0) is 63.9 Å². The second-order valence-electron chi connectivity index (χ2n) is 5.76. The Balaban J connectivity index is 2.14. The van der Waals surface area contributed by atoms with Crippen LogP contribution in [0.25, 0.3) is 0 Å². The summed E-state index contributed by atoms with van der Waals surface area (Å²) >= 11 is 0. The van der Waals surface area contributed by atoms with Gasteiger partial charge in [-0.15, -0.1) is 0 Å². The molecular weight excluding hydrogens is 288 g/mol. The van der Waals surface area contributed by atoms with Gasteiger partial charge in [-0.3, -0.25) is 0 Å². The quantitative estimate of drug-likeness (QED) is 0.870. The molecule has 1 aliphatic rings. The molecule has 2 N–H and O–H groups in total. The fourth-order valence-corrected chi connectivity index (χ4v) is 3.77. The van der Waals surface area contributed by atoms with Gasteiger partial charge < -0.3 is 10.1 Å². The molecule has 6 heteroatoms. The van der Waals surface area contributed by atoms with Crippen molar-refractivity contribution in [2.75, 3.05) is 13.1 Å². The molecule has 0 radical (unpaired) electrons. The van der Waals surface area contributed by atoms with Crippen LogP contribution in [0.4, 0.5) is 0 Å². The molecule has 21 heavy (non-hydrogen) atoms. The lowest BCUT2D eigenvalue weighted by Crippen LogP contribution is -2.45. The van der Waals surface area contributed by atoms with Crippen LogP contribution in [0.2, 0.25) is 0 Å². The predicted molar refractivity (Wildman–Crippen MR) is 83.2 cm³/mol. The molecule has 2 rings (SSSR count). The Labute approximate surface area is 127 Å². The van der Waals surface area contributed by atoms with E-state index in [2.05, 4.69) is 10.0 Å². The van der Waals surface area contributed by atoms with Gasteiger partial charge in [-0.25, -0.2) is 13.1 Å². The van der Waals surface area contributed by atoms with Crippen molar-refractivity contribution in [3.05, 3.63) is 23.8 Å². The van der Waals surface area contributed by atoms with Crippen LogP contribution in [0.5, 0.6) is 5.75 Å². The third kappa shape index (κ3) is 4.43. The van der Waals surface area contributed by atoms with E-state index in [-0.39, 0.29) is 12.1 Å². The summed E-state index contributed by atoms with van der Waals surface area (Å²) in [6, 6.07) is 4.96. The maximum Gasteiger partial charge on any atom is 0.240 e. The molecule has 1 saturated heterocycles. The first-order valence-electron chi connectivity index (χ1n) is 7.39. The second kappa shape index (κ2) is 6.77. The molecule has 0 saturated carbocycles. The third-order valence-corrected chi connectivity index (χ3v) is 4.96. The molecule has 1 aliphatic heterocycles. The van der Waals surface area contributed by atoms with Gasteiger partial charge in [0.05, 0.1) is 11.0 Å². The molecular formula is C15H24N2O3S. The molecule has 0 spiro atoms. The number of benzene rings is 1. The summed E-state index contributed by atoms with van der Waals surface area (Å²) in [4.78, 5) is 0.293. The minimum atomic E-state index is -3.47. The second-order valence-corrected chi connectivity index (χ2v) is 7.47. The first-order chi connectivity index (χ1) is 9.88. The summed E-state index contributed by atoms with van der Waals surface area (Å²) in [5.41, 5.74) is 0.827. The van der Waals surface area contributed by atoms with E-state index in [9.17, 15) is 8.42 Å². The fraction of sp³-hybridized carbons (Fsp3) is 0.600. The molecule has 0 aliphatic carbocycles. The lowest BCUT2D eigenvalue weighted by atomic mass is 10.1. The van der Waals surface area contributed by atoms with Crippen LogP contribution < -0.4 is 14.8 Å². The monoisotopic (exact) mass is 312 g/mol. The number of aryl methyl sites for hydroxylation is 1. The summed E-state index contributed by atoms with van der Waals surface area (Å²) in [5.74, 6) is 0.725. The van der Waals surface area contributed by atoms with E-state index in [0.717, 1.165) is 30.7 Å². The smallest absolute Gasteiger partial charge is 0.240 e. The maximum atomic E-state index is 12.4. The highest BCUT2D eigenvalue weighted by molar-refractivity contribution is 7.89. The molecule has 1 fully saturated rings. The Kier molecular flexibility index (Phi) is 5.24. The van der Waals surface area contributed by atoms with E-state index in [1.54, 1.807) is 18.2 Å². The van der Waals surface area contributed by atoms with E-state index < -0.39 is 10.0 Å². The van der Waals surface area contributed by atoms with Crippen molar-refractivity contribution in [1.29, 1.82) is 0 Å². The van der Waals surface area contributed by atoms with Crippen molar-refractivity contribution >= 4 is 10.0 Å². The first kappa shape index (κ1) is 16.3. The van der Waals surface area contributed by atoms with Crippen molar-refractivity contribution in [2.24, 2.45) is 0 Å². The number of sulfonamides is 1. The Morgan fingerprint density at radius 2 is 2.14 bits per heavy atom. The number of rotatable bonds is 5. The van der Waals surface area contributed by atoms with Crippen molar-refractivity contribution in [1.82, 2.24) is 10.0 Å². The van der Waals surface area contributed by atoms with Crippen LogP contribution in [0, 0.1) is 6.92 Å². The molecule has 0 aromatic heterocycles. The Morgan fingerprint density at radius 1 is 1.38 bits per heavy atom. The van der Waals surface area contributed by atoms with Gasteiger partial charge in [0.1, 0.15) is 5.75 Å². The van der Waals surface area contributed by atoms with Gasteiger partial charge in [-0.1, -0.05) is 0 Å². The average molecular weight is 312 g/mol. The number of ether oxygens (including phenoxy) is 1. The minimum absolute atomic E-state index is 0.0318. The summed E-state index contributed by atoms with van der Waals surface area (Å²) in [6.45, 7) is 7.40. The van der Waals surface area contributed by atoms with Crippen molar-refractivity contribution in [3.8, 4) is 5.75 Å². The number of piperidine rings is 1. The topological polar surface area (TPSA) is 67.4 Å². The molecule has 118 valence electrons. The molecule has 1 atom stereocenters. The van der Waals surface area contributed by atoms with E-state index in [1.165, 1.54) is 0 Å². The van der Waals surface area contributed by atoms with Gasteiger partial charge in [0, 0.05) is 12.6 Å². The number of hydrogen-bond acceptors (Lipinski definition) is 4. The fourth-order valence-electron chi connectivity index (χ4n) is 2.42. The first-order valence-corrected chi connectivity index (χ1v) is 8.87. The Morgan fingerprint density at radius 3 is 2.71 bits per heavy atom. The molecule has 1 heterocycles. The van der Waals surface area contributed by atoms with Crippen molar-refractivity contribution in [3.63, 3.8) is 0 Å². The number of hydrogen-bond donors (Lipinski definition) is 2. The van der Waals surface area contributed by atoms with E-state index in [0.29, 0.717) is 11.4 Å². The van der Waals surface area contributed by atoms with Crippen LogP contribution in [0.3, 0.4) is 0 Å². The lowest BCUT2D eigenvalue weighted by molar-refractivity contribution is 0.240. The highest BCUT2D eigenvalue weighted by atomic mass is 32.2. The van der Waals surface area contributed by atoms with Gasteiger partial charge in [0.15, 0.2) is 0 Å². The Hall–Kier alpha value is -1.11. The largest absolute Gasteiger partial charge is 0.491 e. The van der Waals surface area contributed by atoms with Crippen molar-refractivity contribution < 1.29 is 13.2 Å². The minimum Gasteiger partial charge on any atom is -0.491 e. The van der Waals surface area contributed by atoms with Crippen LogP contribution >= 0.6 is 0 Å². The van der Waals surface area contributed by atoms with E-state index >= 15 is 0 Å². The molecule has 0 bridgehead atoms. The van der Waals surface area contributed by atoms with Gasteiger partial charge in [0.25, 0.3) is 0 Å². The van der Waals surface area contributed by atoms with Gasteiger partial charge in [0.2, 0.25) is 10.0 Å². The van der Waals surface area contributed by atoms with Crippen molar-refractivity contribution in [2.45, 2.75) is 50.7 Å². The van der Waals surface area contributed by atoms with Crippen LogP contribution in [-0.4, -0.2) is 33.7 Å².